The zero-order chi connectivity index (χ0) is 31.4. The van der Waals surface area contributed by atoms with Gasteiger partial charge in [0.15, 0.2) is 0 Å². The molecule has 5 aromatic rings. The molecule has 0 aliphatic heterocycles. The Hall–Kier alpha value is -4.88. The molecule has 0 aliphatic carbocycles. The van der Waals surface area contributed by atoms with Gasteiger partial charge < -0.3 is 14.2 Å². The highest BCUT2D eigenvalue weighted by atomic mass is 32.1. The number of aryl methyl sites for hydroxylation is 1. The third-order valence-electron chi connectivity index (χ3n) is 7.07. The van der Waals surface area contributed by atoms with Gasteiger partial charge in [-0.25, -0.2) is 18.5 Å². The number of nitrogens with zero attached hydrogens (tertiary/aromatic N) is 5. The van der Waals surface area contributed by atoms with Crippen LogP contribution in [0.5, 0.6) is 5.75 Å². The van der Waals surface area contributed by atoms with E-state index >= 15 is 0 Å². The number of benzene rings is 2. The number of aromatic nitrogens is 5. The van der Waals surface area contributed by atoms with Crippen LogP contribution in [0.2, 0.25) is 0 Å². The van der Waals surface area contributed by atoms with Crippen LogP contribution in [0.25, 0.3) is 15.2 Å². The second kappa shape index (κ2) is 13.2. The van der Waals surface area contributed by atoms with Crippen LogP contribution in [0.15, 0.2) is 83.2 Å². The zero-order valence-electron chi connectivity index (χ0n) is 24.3. The van der Waals surface area contributed by atoms with Crippen molar-refractivity contribution in [3.63, 3.8) is 0 Å². The molecule has 0 saturated carbocycles. The van der Waals surface area contributed by atoms with E-state index in [1.54, 1.807) is 19.1 Å². The standard InChI is InChI=1S/C31H30FN5O6S/c1-5-15-42-25(23-16-22(32)11-12-24(23)41-4)17-35-29-26(19(2)28(44-29)37-33-13-14-34-37)27(38)36(31(35)40)20(3)30(39)43-18-21-9-7-6-8-10-21/h5-14,16,20,25H,1,15,17-18H2,2-4H3/t20?,25-/m1/s1. The van der Waals surface area contributed by atoms with Crippen molar-refractivity contribution < 1.29 is 23.4 Å². The summed E-state index contributed by atoms with van der Waals surface area (Å²) < 4.78 is 33.7. The third-order valence-corrected chi connectivity index (χ3v) is 8.35. The minimum Gasteiger partial charge on any atom is -0.496 e. The monoisotopic (exact) mass is 619 g/mol. The summed E-state index contributed by atoms with van der Waals surface area (Å²) in [5.41, 5.74) is 0.194. The fourth-order valence-electron chi connectivity index (χ4n) is 4.87. The van der Waals surface area contributed by atoms with Crippen molar-refractivity contribution in [1.82, 2.24) is 24.1 Å². The van der Waals surface area contributed by atoms with E-state index < -0.39 is 35.2 Å². The maximum absolute atomic E-state index is 14.4. The summed E-state index contributed by atoms with van der Waals surface area (Å²) in [6.45, 7) is 6.76. The Kier molecular flexibility index (Phi) is 9.16. The molecule has 11 nitrogen and oxygen atoms in total. The predicted octanol–water partition coefficient (Wildman–Crippen LogP) is 4.51. The second-order valence-corrected chi connectivity index (χ2v) is 10.8. The lowest BCUT2D eigenvalue weighted by atomic mass is 10.1. The van der Waals surface area contributed by atoms with Gasteiger partial charge in [0.1, 0.15) is 40.2 Å². The molecular formula is C31H30FN5O6S. The normalized spacial score (nSPS) is 12.6. The number of halogens is 1. The lowest BCUT2D eigenvalue weighted by molar-refractivity contribution is -0.148. The van der Waals surface area contributed by atoms with E-state index in [0.29, 0.717) is 26.7 Å². The Morgan fingerprint density at radius 1 is 1.14 bits per heavy atom. The molecule has 2 atom stereocenters. The first kappa shape index (κ1) is 30.6. The molecule has 0 aliphatic rings. The van der Waals surface area contributed by atoms with Gasteiger partial charge >= 0.3 is 11.7 Å². The molecule has 13 heteroatoms. The highest BCUT2D eigenvalue weighted by Gasteiger charge is 2.29. The number of hydrogen-bond donors (Lipinski definition) is 0. The maximum Gasteiger partial charge on any atom is 0.333 e. The van der Waals surface area contributed by atoms with Crippen LogP contribution in [0.3, 0.4) is 0 Å². The van der Waals surface area contributed by atoms with Gasteiger partial charge in [0.2, 0.25) is 0 Å². The van der Waals surface area contributed by atoms with Gasteiger partial charge in [-0.2, -0.15) is 10.2 Å². The van der Waals surface area contributed by atoms with E-state index in [-0.39, 0.29) is 25.1 Å². The van der Waals surface area contributed by atoms with Crippen molar-refractivity contribution in [2.75, 3.05) is 13.7 Å². The summed E-state index contributed by atoms with van der Waals surface area (Å²) in [6.07, 6.45) is 3.62. The van der Waals surface area contributed by atoms with Gasteiger partial charge in [0.25, 0.3) is 5.56 Å². The molecule has 5 rings (SSSR count). The molecule has 0 saturated heterocycles. The van der Waals surface area contributed by atoms with Gasteiger partial charge in [0.05, 0.1) is 38.0 Å². The fourth-order valence-corrected chi connectivity index (χ4v) is 6.09. The van der Waals surface area contributed by atoms with Crippen molar-refractivity contribution in [2.45, 2.75) is 39.1 Å². The summed E-state index contributed by atoms with van der Waals surface area (Å²) in [5.74, 6) is -0.934. The molecule has 0 fully saturated rings. The lowest BCUT2D eigenvalue weighted by Crippen LogP contribution is -2.44. The molecule has 0 bridgehead atoms. The number of ether oxygens (including phenoxy) is 3. The number of thiophene rings is 1. The van der Waals surface area contributed by atoms with E-state index in [4.69, 9.17) is 14.2 Å². The molecule has 3 aromatic heterocycles. The molecular weight excluding hydrogens is 589 g/mol. The van der Waals surface area contributed by atoms with Crippen LogP contribution < -0.4 is 16.0 Å². The molecule has 0 radical (unpaired) electrons. The number of fused-ring (bicyclic) bond motifs is 1. The minimum absolute atomic E-state index is 0.0291. The van der Waals surface area contributed by atoms with E-state index in [2.05, 4.69) is 16.8 Å². The Balaban J connectivity index is 1.67. The van der Waals surface area contributed by atoms with Crippen LogP contribution in [0, 0.1) is 12.7 Å². The molecule has 0 N–H and O–H groups in total. The van der Waals surface area contributed by atoms with E-state index in [0.717, 1.165) is 21.5 Å². The topological polar surface area (TPSA) is 119 Å². The molecule has 0 amide bonds. The number of carbonyl (C=O) groups excluding carboxylic acids is 1. The van der Waals surface area contributed by atoms with Crippen LogP contribution in [-0.4, -0.2) is 43.8 Å². The smallest absolute Gasteiger partial charge is 0.333 e. The van der Waals surface area contributed by atoms with Crippen LogP contribution in [0.1, 0.15) is 35.8 Å². The molecule has 1 unspecified atom stereocenters. The largest absolute Gasteiger partial charge is 0.496 e. The number of methoxy groups -OCH3 is 1. The zero-order valence-corrected chi connectivity index (χ0v) is 25.1. The lowest BCUT2D eigenvalue weighted by Gasteiger charge is -2.23. The summed E-state index contributed by atoms with van der Waals surface area (Å²) >= 11 is 1.14. The summed E-state index contributed by atoms with van der Waals surface area (Å²) in [7, 11) is 1.45. The number of hydrogen-bond acceptors (Lipinski definition) is 9. The number of esters is 1. The van der Waals surface area contributed by atoms with E-state index in [1.807, 2.05) is 18.2 Å². The molecule has 3 heterocycles. The first-order valence-corrected chi connectivity index (χ1v) is 14.5. The molecule has 228 valence electrons. The van der Waals surface area contributed by atoms with Crippen molar-refractivity contribution in [1.29, 1.82) is 0 Å². The van der Waals surface area contributed by atoms with Crippen molar-refractivity contribution in [2.24, 2.45) is 0 Å². The Morgan fingerprint density at radius 3 is 2.55 bits per heavy atom. The Morgan fingerprint density at radius 2 is 1.86 bits per heavy atom. The van der Waals surface area contributed by atoms with Gasteiger partial charge in [-0.05, 0) is 37.6 Å². The van der Waals surface area contributed by atoms with E-state index in [9.17, 15) is 18.8 Å². The first-order valence-electron chi connectivity index (χ1n) is 13.7. The Labute approximate surface area is 255 Å². The summed E-state index contributed by atoms with van der Waals surface area (Å²) in [6, 6.07) is 11.8. The number of carbonyl (C=O) groups is 1. The molecule has 0 spiro atoms. The fraction of sp³-hybridized carbons (Fsp3) is 0.258. The van der Waals surface area contributed by atoms with E-state index in [1.165, 1.54) is 60.1 Å². The first-order chi connectivity index (χ1) is 21.2. The number of rotatable bonds is 12. The summed E-state index contributed by atoms with van der Waals surface area (Å²) in [5, 5.41) is 9.11. The van der Waals surface area contributed by atoms with Crippen molar-refractivity contribution in [3.8, 4) is 10.8 Å². The van der Waals surface area contributed by atoms with Crippen molar-refractivity contribution in [3.05, 3.63) is 117 Å². The third kappa shape index (κ3) is 5.96. The maximum atomic E-state index is 14.4. The molecule has 2 aromatic carbocycles. The van der Waals surface area contributed by atoms with Gasteiger partial charge in [0, 0.05) is 11.1 Å². The average Bonchev–Trinajstić information content (AvgIpc) is 3.68. The molecule has 44 heavy (non-hydrogen) atoms. The quantitative estimate of drug-likeness (QED) is 0.148. The second-order valence-electron chi connectivity index (χ2n) is 9.87. The highest BCUT2D eigenvalue weighted by Crippen LogP contribution is 2.34. The Bertz CT molecular complexity index is 1920. The summed E-state index contributed by atoms with van der Waals surface area (Å²) in [4.78, 5) is 43.1. The highest BCUT2D eigenvalue weighted by molar-refractivity contribution is 7.21. The SMILES string of the molecule is C=CCO[C@H](Cn1c(=O)n(C(C)C(=O)OCc2ccccc2)c(=O)c2c(C)c(-n3nccn3)sc21)c1cc(F)ccc1OC. The van der Waals surface area contributed by atoms with Gasteiger partial charge in [-0.15, -0.1) is 11.4 Å². The van der Waals surface area contributed by atoms with Gasteiger partial charge in [-0.3, -0.25) is 9.36 Å². The van der Waals surface area contributed by atoms with Crippen molar-refractivity contribution >= 4 is 27.5 Å². The van der Waals surface area contributed by atoms with Crippen LogP contribution in [0.4, 0.5) is 4.39 Å². The minimum atomic E-state index is -1.27. The van der Waals surface area contributed by atoms with Gasteiger partial charge in [-0.1, -0.05) is 47.7 Å². The average molecular weight is 620 g/mol. The van der Waals surface area contributed by atoms with Crippen LogP contribution in [-0.2, 0) is 27.4 Å². The van der Waals surface area contributed by atoms with Crippen LogP contribution >= 0.6 is 11.3 Å². The predicted molar refractivity (Wildman–Crippen MR) is 163 cm³/mol.